The molecule has 0 fully saturated rings. The summed E-state index contributed by atoms with van der Waals surface area (Å²) in [5, 5.41) is 11.8. The fourth-order valence-corrected chi connectivity index (χ4v) is 2.69. The SMILES string of the molecule is Cc1cc2cc([N+](=O)[O-])ccc2n1CCc1ccccc1. The van der Waals surface area contributed by atoms with Crippen LogP contribution in [-0.4, -0.2) is 9.49 Å². The summed E-state index contributed by atoms with van der Waals surface area (Å²) < 4.78 is 2.21. The minimum atomic E-state index is -0.351. The third-order valence-corrected chi connectivity index (χ3v) is 3.77. The van der Waals surface area contributed by atoms with Crippen LogP contribution in [0.5, 0.6) is 0 Å². The molecular formula is C17H16N2O2. The van der Waals surface area contributed by atoms with Crippen LogP contribution in [0.15, 0.2) is 54.6 Å². The number of aryl methyl sites for hydroxylation is 3. The van der Waals surface area contributed by atoms with Crippen LogP contribution in [0.4, 0.5) is 5.69 Å². The maximum Gasteiger partial charge on any atom is 0.270 e. The number of nitro groups is 1. The first kappa shape index (κ1) is 13.4. The summed E-state index contributed by atoms with van der Waals surface area (Å²) in [5.41, 5.74) is 3.61. The molecule has 4 nitrogen and oxygen atoms in total. The van der Waals surface area contributed by atoms with Gasteiger partial charge in [0, 0.05) is 35.3 Å². The number of hydrogen-bond acceptors (Lipinski definition) is 2. The molecule has 3 aromatic rings. The predicted octanol–water partition coefficient (Wildman–Crippen LogP) is 4.10. The van der Waals surface area contributed by atoms with Crippen molar-refractivity contribution in [2.75, 3.05) is 0 Å². The molecule has 2 aromatic carbocycles. The maximum absolute atomic E-state index is 10.8. The maximum atomic E-state index is 10.8. The lowest BCUT2D eigenvalue weighted by Gasteiger charge is -2.08. The minimum absolute atomic E-state index is 0.141. The highest BCUT2D eigenvalue weighted by Crippen LogP contribution is 2.24. The van der Waals surface area contributed by atoms with Crippen LogP contribution in [0.25, 0.3) is 10.9 Å². The highest BCUT2D eigenvalue weighted by molar-refractivity contribution is 5.83. The fraction of sp³-hybridized carbons (Fsp3) is 0.176. The van der Waals surface area contributed by atoms with Crippen LogP contribution in [0.1, 0.15) is 11.3 Å². The molecule has 0 radical (unpaired) electrons. The minimum Gasteiger partial charge on any atom is -0.345 e. The molecule has 0 spiro atoms. The first-order valence-corrected chi connectivity index (χ1v) is 6.93. The van der Waals surface area contributed by atoms with Crippen molar-refractivity contribution in [3.8, 4) is 0 Å². The molecule has 0 aliphatic rings. The van der Waals surface area contributed by atoms with Gasteiger partial charge in [-0.1, -0.05) is 30.3 Å². The number of fused-ring (bicyclic) bond motifs is 1. The van der Waals surface area contributed by atoms with E-state index in [-0.39, 0.29) is 10.6 Å². The lowest BCUT2D eigenvalue weighted by molar-refractivity contribution is -0.384. The Balaban J connectivity index is 1.91. The lowest BCUT2D eigenvalue weighted by atomic mass is 10.1. The molecule has 1 aromatic heterocycles. The molecular weight excluding hydrogens is 264 g/mol. The third kappa shape index (κ3) is 2.65. The van der Waals surface area contributed by atoms with Crippen LogP contribution in [0.2, 0.25) is 0 Å². The zero-order chi connectivity index (χ0) is 14.8. The van der Waals surface area contributed by atoms with Gasteiger partial charge in [-0.2, -0.15) is 0 Å². The van der Waals surface area contributed by atoms with Gasteiger partial charge in [-0.15, -0.1) is 0 Å². The number of benzene rings is 2. The summed E-state index contributed by atoms with van der Waals surface area (Å²) in [6, 6.07) is 17.4. The first-order chi connectivity index (χ1) is 10.1. The normalized spacial score (nSPS) is 10.9. The first-order valence-electron chi connectivity index (χ1n) is 6.93. The van der Waals surface area contributed by atoms with Gasteiger partial charge in [-0.25, -0.2) is 0 Å². The summed E-state index contributed by atoms with van der Waals surface area (Å²) in [4.78, 5) is 10.5. The van der Waals surface area contributed by atoms with E-state index >= 15 is 0 Å². The van der Waals surface area contributed by atoms with Gasteiger partial charge in [0.15, 0.2) is 0 Å². The summed E-state index contributed by atoms with van der Waals surface area (Å²) in [5.74, 6) is 0. The van der Waals surface area contributed by atoms with Crippen LogP contribution < -0.4 is 0 Å². The Morgan fingerprint density at radius 3 is 2.57 bits per heavy atom. The van der Waals surface area contributed by atoms with Gasteiger partial charge in [0.2, 0.25) is 0 Å². The van der Waals surface area contributed by atoms with E-state index in [0.29, 0.717) is 0 Å². The van der Waals surface area contributed by atoms with Gasteiger partial charge in [0.25, 0.3) is 5.69 Å². The standard InChI is InChI=1S/C17H16N2O2/c1-13-11-15-12-16(19(20)21)7-8-17(15)18(13)10-9-14-5-3-2-4-6-14/h2-8,11-12H,9-10H2,1H3. The Kier molecular flexibility index (Phi) is 3.44. The molecule has 0 aliphatic carbocycles. The molecule has 0 aliphatic heterocycles. The second-order valence-corrected chi connectivity index (χ2v) is 5.17. The number of aromatic nitrogens is 1. The van der Waals surface area contributed by atoms with Crippen LogP contribution in [0.3, 0.4) is 0 Å². The molecule has 3 rings (SSSR count). The molecule has 21 heavy (non-hydrogen) atoms. The summed E-state index contributed by atoms with van der Waals surface area (Å²) in [7, 11) is 0. The number of non-ortho nitro benzene ring substituents is 1. The lowest BCUT2D eigenvalue weighted by Crippen LogP contribution is -2.02. The van der Waals surface area contributed by atoms with E-state index < -0.39 is 0 Å². The second kappa shape index (κ2) is 5.40. The Bertz CT molecular complexity index is 791. The van der Waals surface area contributed by atoms with Crippen molar-refractivity contribution in [2.45, 2.75) is 19.9 Å². The molecule has 0 unspecified atom stereocenters. The molecule has 0 saturated heterocycles. The van der Waals surface area contributed by atoms with E-state index in [2.05, 4.69) is 16.7 Å². The number of rotatable bonds is 4. The van der Waals surface area contributed by atoms with Gasteiger partial charge in [0.05, 0.1) is 4.92 Å². The van der Waals surface area contributed by atoms with Crippen LogP contribution >= 0.6 is 0 Å². The van der Waals surface area contributed by atoms with E-state index in [1.165, 1.54) is 5.56 Å². The smallest absolute Gasteiger partial charge is 0.270 e. The van der Waals surface area contributed by atoms with Crippen LogP contribution in [-0.2, 0) is 13.0 Å². The van der Waals surface area contributed by atoms with Crippen molar-refractivity contribution in [3.63, 3.8) is 0 Å². The molecule has 0 amide bonds. The highest BCUT2D eigenvalue weighted by atomic mass is 16.6. The zero-order valence-corrected chi connectivity index (χ0v) is 11.8. The van der Waals surface area contributed by atoms with Gasteiger partial charge in [-0.3, -0.25) is 10.1 Å². The number of nitrogens with zero attached hydrogens (tertiary/aromatic N) is 2. The third-order valence-electron chi connectivity index (χ3n) is 3.77. The van der Waals surface area contributed by atoms with Gasteiger partial charge >= 0.3 is 0 Å². The van der Waals surface area contributed by atoms with Gasteiger partial charge in [0.1, 0.15) is 0 Å². The zero-order valence-electron chi connectivity index (χ0n) is 11.8. The van der Waals surface area contributed by atoms with Crippen molar-refractivity contribution in [1.29, 1.82) is 0 Å². The summed E-state index contributed by atoms with van der Waals surface area (Å²) in [6.45, 7) is 2.91. The van der Waals surface area contributed by atoms with Crippen molar-refractivity contribution in [2.24, 2.45) is 0 Å². The van der Waals surface area contributed by atoms with E-state index in [9.17, 15) is 10.1 Å². The second-order valence-electron chi connectivity index (χ2n) is 5.17. The van der Waals surface area contributed by atoms with E-state index in [4.69, 9.17) is 0 Å². The molecule has 0 bridgehead atoms. The van der Waals surface area contributed by atoms with Crippen molar-refractivity contribution >= 4 is 16.6 Å². The Morgan fingerprint density at radius 1 is 1.10 bits per heavy atom. The van der Waals surface area contributed by atoms with Crippen molar-refractivity contribution in [3.05, 3.63) is 76.0 Å². The summed E-state index contributed by atoms with van der Waals surface area (Å²) >= 11 is 0. The molecule has 0 atom stereocenters. The molecule has 0 N–H and O–H groups in total. The predicted molar refractivity (Wildman–Crippen MR) is 83.5 cm³/mol. The average Bonchev–Trinajstić information content (AvgIpc) is 2.80. The molecule has 106 valence electrons. The molecule has 4 heteroatoms. The average molecular weight is 280 g/mol. The van der Waals surface area contributed by atoms with Gasteiger partial charge in [-0.05, 0) is 31.0 Å². The van der Waals surface area contributed by atoms with E-state index in [0.717, 1.165) is 29.6 Å². The summed E-state index contributed by atoms with van der Waals surface area (Å²) in [6.07, 6.45) is 0.947. The van der Waals surface area contributed by atoms with Crippen molar-refractivity contribution < 1.29 is 4.92 Å². The number of nitro benzene ring substituents is 1. The highest BCUT2D eigenvalue weighted by Gasteiger charge is 2.11. The largest absolute Gasteiger partial charge is 0.345 e. The van der Waals surface area contributed by atoms with Crippen LogP contribution in [0, 0.1) is 17.0 Å². The van der Waals surface area contributed by atoms with Gasteiger partial charge < -0.3 is 4.57 Å². The van der Waals surface area contributed by atoms with E-state index in [1.807, 2.05) is 37.3 Å². The Hall–Kier alpha value is -2.62. The monoisotopic (exact) mass is 280 g/mol. The topological polar surface area (TPSA) is 48.1 Å². The molecule has 1 heterocycles. The molecule has 0 saturated carbocycles. The Morgan fingerprint density at radius 2 is 1.86 bits per heavy atom. The van der Waals surface area contributed by atoms with E-state index in [1.54, 1.807) is 12.1 Å². The van der Waals surface area contributed by atoms with Crippen molar-refractivity contribution in [1.82, 2.24) is 4.57 Å². The quantitative estimate of drug-likeness (QED) is 0.533. The fourth-order valence-electron chi connectivity index (χ4n) is 2.69. The number of hydrogen-bond donors (Lipinski definition) is 0. The Labute approximate surface area is 122 Å².